The standard InChI is InChI=1S/C31H55NO6S/c1-7-22-26-18-21(33)12-14-31(26,6)25-13-15-30(5)23(9-10-24(30)28(25)29(22)35)20(4)8-11-27(34)32(19(2)3)16-17-39(36,37)38/h19-26,28-29,33,35H,7-18H2,1-6H3,(H,36,37,38)/t20-,21-,22-,23-,24+,25+,26+,28+,29-,30-,31-/m1/s1. The third-order valence-electron chi connectivity index (χ3n) is 12.5. The summed E-state index contributed by atoms with van der Waals surface area (Å²) in [5.74, 6) is 2.39. The lowest BCUT2D eigenvalue weighted by Crippen LogP contribution is -2.62. The van der Waals surface area contributed by atoms with Crippen LogP contribution in [0.4, 0.5) is 0 Å². The molecule has 39 heavy (non-hydrogen) atoms. The second-order valence-electron chi connectivity index (χ2n) is 14.6. The Labute approximate surface area is 237 Å². The van der Waals surface area contributed by atoms with E-state index in [9.17, 15) is 23.4 Å². The molecule has 0 aromatic heterocycles. The predicted molar refractivity (Wildman–Crippen MR) is 153 cm³/mol. The molecule has 4 aliphatic rings. The topological polar surface area (TPSA) is 115 Å². The lowest BCUT2D eigenvalue weighted by Gasteiger charge is -2.64. The smallest absolute Gasteiger partial charge is 0.266 e. The molecular formula is C31H55NO6S. The number of hydrogen-bond donors (Lipinski definition) is 3. The summed E-state index contributed by atoms with van der Waals surface area (Å²) in [6, 6.07) is -0.122. The van der Waals surface area contributed by atoms with Crippen molar-refractivity contribution in [2.24, 2.45) is 52.3 Å². The van der Waals surface area contributed by atoms with Gasteiger partial charge >= 0.3 is 0 Å². The molecule has 226 valence electrons. The van der Waals surface area contributed by atoms with Gasteiger partial charge in [-0.05, 0) is 117 Å². The van der Waals surface area contributed by atoms with Gasteiger partial charge in [0.1, 0.15) is 0 Å². The molecule has 11 atom stereocenters. The van der Waals surface area contributed by atoms with E-state index in [1.807, 2.05) is 13.8 Å². The molecule has 0 aromatic carbocycles. The number of aliphatic hydroxyl groups is 2. The minimum absolute atomic E-state index is 0.0171. The van der Waals surface area contributed by atoms with Crippen LogP contribution in [0.3, 0.4) is 0 Å². The Bertz CT molecular complexity index is 986. The zero-order valence-corrected chi connectivity index (χ0v) is 26.0. The molecule has 4 saturated carbocycles. The Morgan fingerprint density at radius 2 is 1.62 bits per heavy atom. The molecule has 0 saturated heterocycles. The fourth-order valence-corrected chi connectivity index (χ4v) is 10.9. The molecule has 0 bridgehead atoms. The Morgan fingerprint density at radius 1 is 0.974 bits per heavy atom. The maximum atomic E-state index is 13.1. The van der Waals surface area contributed by atoms with Gasteiger partial charge < -0.3 is 15.1 Å². The van der Waals surface area contributed by atoms with E-state index in [2.05, 4.69) is 27.7 Å². The lowest BCUT2D eigenvalue weighted by molar-refractivity contribution is -0.203. The number of rotatable bonds is 9. The predicted octanol–water partition coefficient (Wildman–Crippen LogP) is 5.15. The summed E-state index contributed by atoms with van der Waals surface area (Å²) in [5, 5.41) is 22.4. The highest BCUT2D eigenvalue weighted by atomic mass is 32.2. The average molecular weight is 570 g/mol. The van der Waals surface area contributed by atoms with E-state index in [-0.39, 0.29) is 47.4 Å². The summed E-state index contributed by atoms with van der Waals surface area (Å²) in [7, 11) is -4.11. The zero-order chi connectivity index (χ0) is 28.9. The minimum Gasteiger partial charge on any atom is -0.393 e. The highest BCUT2D eigenvalue weighted by Gasteiger charge is 2.64. The van der Waals surface area contributed by atoms with Gasteiger partial charge in [-0.15, -0.1) is 0 Å². The monoisotopic (exact) mass is 569 g/mol. The summed E-state index contributed by atoms with van der Waals surface area (Å²) in [4.78, 5) is 14.7. The third kappa shape index (κ3) is 5.83. The molecule has 0 spiro atoms. The fourth-order valence-electron chi connectivity index (χ4n) is 10.5. The van der Waals surface area contributed by atoms with E-state index in [1.54, 1.807) is 4.90 Å². The van der Waals surface area contributed by atoms with Crippen LogP contribution in [0.2, 0.25) is 0 Å². The molecule has 0 aliphatic heterocycles. The van der Waals surface area contributed by atoms with Gasteiger partial charge in [0.05, 0.1) is 18.0 Å². The molecule has 3 N–H and O–H groups in total. The first-order chi connectivity index (χ1) is 18.1. The van der Waals surface area contributed by atoms with E-state index in [0.29, 0.717) is 41.9 Å². The Morgan fingerprint density at radius 3 is 2.23 bits per heavy atom. The first kappa shape index (κ1) is 31.2. The van der Waals surface area contributed by atoms with Gasteiger partial charge in [-0.2, -0.15) is 8.42 Å². The van der Waals surface area contributed by atoms with Crippen LogP contribution in [0.5, 0.6) is 0 Å². The largest absolute Gasteiger partial charge is 0.393 e. The van der Waals surface area contributed by atoms with Gasteiger partial charge in [0.25, 0.3) is 10.1 Å². The van der Waals surface area contributed by atoms with Crippen LogP contribution in [0.1, 0.15) is 106 Å². The Kier molecular flexibility index (Phi) is 9.23. The van der Waals surface area contributed by atoms with Crippen molar-refractivity contribution in [3.63, 3.8) is 0 Å². The molecular weight excluding hydrogens is 514 g/mol. The molecule has 8 heteroatoms. The third-order valence-corrected chi connectivity index (χ3v) is 13.2. The van der Waals surface area contributed by atoms with Gasteiger partial charge in [-0.1, -0.05) is 34.1 Å². The Hall–Kier alpha value is -0.700. The molecule has 0 radical (unpaired) electrons. The highest BCUT2D eigenvalue weighted by Crippen LogP contribution is 2.69. The number of carbonyl (C=O) groups is 1. The second-order valence-corrected chi connectivity index (χ2v) is 16.2. The zero-order valence-electron chi connectivity index (χ0n) is 25.2. The highest BCUT2D eigenvalue weighted by molar-refractivity contribution is 7.85. The van der Waals surface area contributed by atoms with Crippen LogP contribution in [0.25, 0.3) is 0 Å². The number of fused-ring (bicyclic) bond motifs is 5. The van der Waals surface area contributed by atoms with Crippen LogP contribution in [0, 0.1) is 52.3 Å². The summed E-state index contributed by atoms with van der Waals surface area (Å²) in [5.41, 5.74) is 0.354. The van der Waals surface area contributed by atoms with Crippen molar-refractivity contribution in [2.75, 3.05) is 12.3 Å². The summed E-state index contributed by atoms with van der Waals surface area (Å²) in [6.07, 6.45) is 8.98. The molecule has 0 aromatic rings. The van der Waals surface area contributed by atoms with Gasteiger partial charge in [-0.3, -0.25) is 9.35 Å². The first-order valence-corrected chi connectivity index (χ1v) is 17.4. The lowest BCUT2D eigenvalue weighted by atomic mass is 9.41. The van der Waals surface area contributed by atoms with Gasteiger partial charge in [0.2, 0.25) is 5.91 Å². The summed E-state index contributed by atoms with van der Waals surface area (Å²) in [6.45, 7) is 13.2. The van der Waals surface area contributed by atoms with E-state index in [1.165, 1.54) is 6.42 Å². The number of nitrogens with zero attached hydrogens (tertiary/aromatic N) is 1. The summed E-state index contributed by atoms with van der Waals surface area (Å²) < 4.78 is 31.7. The van der Waals surface area contributed by atoms with Gasteiger partial charge in [-0.25, -0.2) is 0 Å². The number of aliphatic hydroxyl groups excluding tert-OH is 2. The SMILES string of the molecule is CC[C@H]1[C@@H](O)[C@@H]2[C@H](CC[C@]3(C)[C@@H]([C@H](C)CCC(=O)N(CCS(=O)(=O)O)C(C)C)CC[C@@H]23)[C@@]2(C)CC[C@@H](O)C[C@@H]12. The van der Waals surface area contributed by atoms with E-state index >= 15 is 0 Å². The van der Waals surface area contributed by atoms with Gasteiger partial charge in [0, 0.05) is 19.0 Å². The molecule has 1 amide bonds. The van der Waals surface area contributed by atoms with E-state index in [4.69, 9.17) is 4.55 Å². The molecule has 4 rings (SSSR count). The van der Waals surface area contributed by atoms with Gasteiger partial charge in [0.15, 0.2) is 0 Å². The van der Waals surface area contributed by atoms with Crippen molar-refractivity contribution in [1.29, 1.82) is 0 Å². The quantitative estimate of drug-likeness (QED) is 0.331. The molecule has 4 aliphatic carbocycles. The molecule has 7 nitrogen and oxygen atoms in total. The van der Waals surface area contributed by atoms with E-state index in [0.717, 1.165) is 51.4 Å². The first-order valence-electron chi connectivity index (χ1n) is 15.7. The molecule has 4 fully saturated rings. The fraction of sp³-hybridized carbons (Fsp3) is 0.968. The van der Waals surface area contributed by atoms with Crippen molar-refractivity contribution >= 4 is 16.0 Å². The Balaban J connectivity index is 1.46. The second kappa shape index (κ2) is 11.5. The van der Waals surface area contributed by atoms with Crippen molar-refractivity contribution in [2.45, 2.75) is 124 Å². The van der Waals surface area contributed by atoms with Crippen molar-refractivity contribution in [3.8, 4) is 0 Å². The van der Waals surface area contributed by atoms with Crippen molar-refractivity contribution in [1.82, 2.24) is 4.90 Å². The van der Waals surface area contributed by atoms with Crippen molar-refractivity contribution in [3.05, 3.63) is 0 Å². The molecule has 0 unspecified atom stereocenters. The number of hydrogen-bond acceptors (Lipinski definition) is 5. The van der Waals surface area contributed by atoms with Crippen molar-refractivity contribution < 1.29 is 28.0 Å². The maximum Gasteiger partial charge on any atom is 0.266 e. The summed E-state index contributed by atoms with van der Waals surface area (Å²) >= 11 is 0. The van der Waals surface area contributed by atoms with E-state index < -0.39 is 15.9 Å². The normalized spacial score (nSPS) is 42.9. The molecule has 0 heterocycles. The van der Waals surface area contributed by atoms with Crippen LogP contribution >= 0.6 is 0 Å². The number of amides is 1. The average Bonchev–Trinajstić information content (AvgIpc) is 3.20. The maximum absolute atomic E-state index is 13.1. The van der Waals surface area contributed by atoms with Crippen LogP contribution < -0.4 is 0 Å². The van der Waals surface area contributed by atoms with Crippen LogP contribution in [0.15, 0.2) is 0 Å². The van der Waals surface area contributed by atoms with Crippen LogP contribution in [-0.4, -0.2) is 64.5 Å². The minimum atomic E-state index is -4.11. The van der Waals surface area contributed by atoms with Crippen LogP contribution in [-0.2, 0) is 14.9 Å². The number of carbonyl (C=O) groups excluding carboxylic acids is 1.